The smallest absolute Gasteiger partial charge is 0.208 e. The first-order valence-electron chi connectivity index (χ1n) is 7.12. The molecule has 3 rings (SSSR count). The van der Waals surface area contributed by atoms with Gasteiger partial charge in [-0.15, -0.1) is 10.2 Å². The molecule has 8 heteroatoms. The minimum Gasteiger partial charge on any atom is -0.353 e. The van der Waals surface area contributed by atoms with Crippen molar-refractivity contribution in [3.05, 3.63) is 36.3 Å². The normalized spacial score (nSPS) is 10.7. The molecule has 0 N–H and O–H groups in total. The molecule has 0 aliphatic carbocycles. The zero-order valence-corrected chi connectivity index (χ0v) is 14.7. The molecule has 0 unspecified atom stereocenters. The van der Waals surface area contributed by atoms with Crippen molar-refractivity contribution in [2.24, 2.45) is 0 Å². The van der Waals surface area contributed by atoms with Crippen LogP contribution in [0.15, 0.2) is 40.0 Å². The number of aromatic nitrogens is 5. The fourth-order valence-electron chi connectivity index (χ4n) is 1.85. The average Bonchev–Trinajstić information content (AvgIpc) is 3.04. The van der Waals surface area contributed by atoms with Crippen molar-refractivity contribution >= 4 is 28.2 Å². The van der Waals surface area contributed by atoms with Crippen molar-refractivity contribution in [2.75, 3.05) is 19.0 Å². The quantitative estimate of drug-likeness (QED) is 0.659. The van der Waals surface area contributed by atoms with E-state index in [4.69, 9.17) is 0 Å². The van der Waals surface area contributed by atoms with Crippen LogP contribution in [0.25, 0.3) is 11.4 Å². The first-order valence-corrected chi connectivity index (χ1v) is 8.76. The zero-order valence-electron chi connectivity index (χ0n) is 13.1. The van der Waals surface area contributed by atoms with Gasteiger partial charge in [0.1, 0.15) is 5.03 Å². The van der Waals surface area contributed by atoms with Gasteiger partial charge in [-0.3, -0.25) is 4.98 Å². The summed E-state index contributed by atoms with van der Waals surface area (Å²) in [6, 6.07) is 5.84. The van der Waals surface area contributed by atoms with Crippen molar-refractivity contribution in [2.45, 2.75) is 22.7 Å². The second-order valence-corrected chi connectivity index (χ2v) is 7.18. The Morgan fingerprint density at radius 3 is 2.57 bits per heavy atom. The molecule has 0 amide bonds. The summed E-state index contributed by atoms with van der Waals surface area (Å²) in [4.78, 5) is 15.2. The lowest BCUT2D eigenvalue weighted by Gasteiger charge is -2.06. The highest BCUT2D eigenvalue weighted by Gasteiger charge is 2.11. The first kappa shape index (κ1) is 15.8. The summed E-state index contributed by atoms with van der Waals surface area (Å²) in [6.07, 6.45) is 4.35. The SMILES string of the molecule is CCc1cc(Sc2nnc(N(C)C)s2)nc(-c2ccncc2)n1. The molecule has 0 bridgehead atoms. The fraction of sp³-hybridized carbons (Fsp3) is 0.267. The van der Waals surface area contributed by atoms with Crippen molar-refractivity contribution in [1.82, 2.24) is 25.1 Å². The van der Waals surface area contributed by atoms with Crippen molar-refractivity contribution in [3.63, 3.8) is 0 Å². The van der Waals surface area contributed by atoms with Crippen LogP contribution in [0.3, 0.4) is 0 Å². The largest absolute Gasteiger partial charge is 0.353 e. The Kier molecular flexibility index (Phi) is 4.82. The zero-order chi connectivity index (χ0) is 16.2. The summed E-state index contributed by atoms with van der Waals surface area (Å²) in [5, 5.41) is 10.1. The van der Waals surface area contributed by atoms with Crippen LogP contribution in [-0.2, 0) is 6.42 Å². The summed E-state index contributed by atoms with van der Waals surface area (Å²) in [5.74, 6) is 0.714. The monoisotopic (exact) mass is 344 g/mol. The molecule has 0 saturated carbocycles. The van der Waals surface area contributed by atoms with E-state index in [9.17, 15) is 0 Å². The molecule has 0 radical (unpaired) electrons. The lowest BCUT2D eigenvalue weighted by atomic mass is 10.2. The van der Waals surface area contributed by atoms with Crippen LogP contribution in [0, 0.1) is 0 Å². The number of pyridine rings is 1. The van der Waals surface area contributed by atoms with Gasteiger partial charge >= 0.3 is 0 Å². The van der Waals surface area contributed by atoms with Crippen LogP contribution < -0.4 is 4.90 Å². The van der Waals surface area contributed by atoms with Crippen LogP contribution in [0.4, 0.5) is 5.13 Å². The molecular formula is C15H16N6S2. The number of anilines is 1. The number of hydrogen-bond acceptors (Lipinski definition) is 8. The van der Waals surface area contributed by atoms with Gasteiger partial charge in [0, 0.05) is 37.7 Å². The van der Waals surface area contributed by atoms with Gasteiger partial charge < -0.3 is 4.90 Å². The van der Waals surface area contributed by atoms with Gasteiger partial charge in [-0.1, -0.05) is 18.3 Å². The van der Waals surface area contributed by atoms with Crippen LogP contribution >= 0.6 is 23.1 Å². The maximum absolute atomic E-state index is 4.65. The van der Waals surface area contributed by atoms with Gasteiger partial charge in [-0.05, 0) is 36.4 Å². The molecule has 0 saturated heterocycles. The number of nitrogens with zero attached hydrogens (tertiary/aromatic N) is 6. The van der Waals surface area contributed by atoms with Crippen LogP contribution in [0.5, 0.6) is 0 Å². The summed E-state index contributed by atoms with van der Waals surface area (Å²) >= 11 is 3.06. The highest BCUT2D eigenvalue weighted by atomic mass is 32.2. The van der Waals surface area contributed by atoms with E-state index in [1.807, 2.05) is 37.2 Å². The van der Waals surface area contributed by atoms with E-state index in [1.54, 1.807) is 23.7 Å². The Labute approximate surface area is 143 Å². The maximum atomic E-state index is 4.65. The Balaban J connectivity index is 1.92. The standard InChI is InChI=1S/C15H16N6S2/c1-4-11-9-12(22-15-20-19-14(23-15)21(2)3)18-13(17-11)10-5-7-16-8-6-10/h5-9H,4H2,1-3H3. The molecule has 3 aromatic heterocycles. The Morgan fingerprint density at radius 1 is 1.13 bits per heavy atom. The molecule has 23 heavy (non-hydrogen) atoms. The fourth-order valence-corrected chi connectivity index (χ4v) is 3.59. The van der Waals surface area contributed by atoms with Gasteiger partial charge in [-0.2, -0.15) is 0 Å². The minimum atomic E-state index is 0.714. The van der Waals surface area contributed by atoms with E-state index in [1.165, 1.54) is 11.8 Å². The Hall–Kier alpha value is -2.06. The van der Waals surface area contributed by atoms with Gasteiger partial charge in [0.2, 0.25) is 5.13 Å². The molecule has 6 nitrogen and oxygen atoms in total. The molecule has 0 aliphatic rings. The van der Waals surface area contributed by atoms with Gasteiger partial charge in [0.05, 0.1) is 0 Å². The highest BCUT2D eigenvalue weighted by Crippen LogP contribution is 2.32. The molecule has 0 aliphatic heterocycles. The second-order valence-electron chi connectivity index (χ2n) is 4.96. The Bertz CT molecular complexity index is 788. The van der Waals surface area contributed by atoms with Gasteiger partial charge in [0.15, 0.2) is 10.2 Å². The van der Waals surface area contributed by atoms with Crippen molar-refractivity contribution in [3.8, 4) is 11.4 Å². The molecular weight excluding hydrogens is 328 g/mol. The molecule has 3 heterocycles. The summed E-state index contributed by atoms with van der Waals surface area (Å²) < 4.78 is 0.870. The average molecular weight is 344 g/mol. The third-order valence-corrected chi connectivity index (χ3v) is 5.09. The van der Waals surface area contributed by atoms with Gasteiger partial charge in [0.25, 0.3) is 0 Å². The van der Waals surface area contributed by atoms with Crippen molar-refractivity contribution in [1.29, 1.82) is 0 Å². The molecule has 0 fully saturated rings. The van der Waals surface area contributed by atoms with E-state index in [-0.39, 0.29) is 0 Å². The molecule has 3 aromatic rings. The van der Waals surface area contributed by atoms with E-state index in [2.05, 4.69) is 32.1 Å². The molecule has 0 aromatic carbocycles. The predicted molar refractivity (Wildman–Crippen MR) is 93.0 cm³/mol. The van der Waals surface area contributed by atoms with Crippen LogP contribution in [-0.4, -0.2) is 39.2 Å². The minimum absolute atomic E-state index is 0.714. The topological polar surface area (TPSA) is 67.7 Å². The van der Waals surface area contributed by atoms with E-state index in [0.717, 1.165) is 32.2 Å². The summed E-state index contributed by atoms with van der Waals surface area (Å²) in [5.41, 5.74) is 1.97. The molecule has 0 spiro atoms. The summed E-state index contributed by atoms with van der Waals surface area (Å²) in [6.45, 7) is 2.09. The Morgan fingerprint density at radius 2 is 1.91 bits per heavy atom. The third kappa shape index (κ3) is 3.83. The third-order valence-electron chi connectivity index (χ3n) is 3.03. The number of rotatable bonds is 5. The van der Waals surface area contributed by atoms with E-state index >= 15 is 0 Å². The van der Waals surface area contributed by atoms with E-state index < -0.39 is 0 Å². The maximum Gasteiger partial charge on any atom is 0.208 e. The number of aryl methyl sites for hydroxylation is 1. The lowest BCUT2D eigenvalue weighted by Crippen LogP contribution is -2.07. The molecule has 0 atom stereocenters. The van der Waals surface area contributed by atoms with E-state index in [0.29, 0.717) is 5.82 Å². The van der Waals surface area contributed by atoms with Crippen molar-refractivity contribution < 1.29 is 0 Å². The second kappa shape index (κ2) is 7.01. The number of hydrogen-bond donors (Lipinski definition) is 0. The molecule has 118 valence electrons. The summed E-state index contributed by atoms with van der Waals surface area (Å²) in [7, 11) is 3.91. The highest BCUT2D eigenvalue weighted by molar-refractivity contribution is 8.01. The predicted octanol–water partition coefficient (Wildman–Crippen LogP) is 3.17. The van der Waals surface area contributed by atoms with Crippen LogP contribution in [0.2, 0.25) is 0 Å². The lowest BCUT2D eigenvalue weighted by molar-refractivity contribution is 0.946. The van der Waals surface area contributed by atoms with Gasteiger partial charge in [-0.25, -0.2) is 9.97 Å². The first-order chi connectivity index (χ1) is 11.2. The van der Waals surface area contributed by atoms with Crippen LogP contribution in [0.1, 0.15) is 12.6 Å².